The summed E-state index contributed by atoms with van der Waals surface area (Å²) in [6.07, 6.45) is 0. The fourth-order valence-corrected chi connectivity index (χ4v) is 10.7. The highest BCUT2D eigenvalue weighted by Crippen LogP contribution is 2.55. The average Bonchev–Trinajstić information content (AvgIpc) is 3.38. The number of para-hydroxylation sites is 8. The summed E-state index contributed by atoms with van der Waals surface area (Å²) in [5.41, 5.74) is 18.7. The highest BCUT2D eigenvalue weighted by molar-refractivity contribution is 6.23. The zero-order valence-corrected chi connectivity index (χ0v) is 36.7. The summed E-state index contributed by atoms with van der Waals surface area (Å²) in [5.74, 6) is 0. The van der Waals surface area contributed by atoms with Crippen LogP contribution in [0.2, 0.25) is 0 Å². The fraction of sp³-hybridized carbons (Fsp3) is 0.0323. The Labute approximate surface area is 385 Å². The molecule has 0 radical (unpaired) electrons. The standard InChI is InChI=1S/C62H44N4/c1-63-53-20-8-12-24-57(53)65(58-25-13-9-21-54(58)63)47-35-37-50-51(39-47)61(43-17-4-3-5-18-43)49-36-34-48(66-59-26-14-10-22-55(59)64(2)56-23-11-15-27-60(56)66)40-52(49)62(50)44-31-28-42(29-32-44)46-33-30-41-16-6-7-19-45(41)38-46/h3-40H,1-2H3. The van der Waals surface area contributed by atoms with Crippen LogP contribution in [0.3, 0.4) is 0 Å². The van der Waals surface area contributed by atoms with Gasteiger partial charge in [-0.25, -0.2) is 0 Å². The van der Waals surface area contributed by atoms with E-state index < -0.39 is 0 Å². The SMILES string of the molecule is CN1c2ccccc2N(c2ccc3c(-c4ccc(-c5ccc6ccccc6c5)cc4)c4cc(N5c6ccccc6N(C)c6ccccc65)ccc4c(-c4ccccc4)c3c2)c2ccccc21. The topological polar surface area (TPSA) is 13.0 Å². The molecule has 0 aromatic heterocycles. The molecule has 0 amide bonds. The lowest BCUT2D eigenvalue weighted by atomic mass is 9.85. The minimum absolute atomic E-state index is 1.12. The largest absolute Gasteiger partial charge is 0.341 e. The Bertz CT molecular complexity index is 3610. The number of nitrogens with zero attached hydrogens (tertiary/aromatic N) is 4. The molecule has 4 heteroatoms. The molecule has 11 aromatic carbocycles. The molecule has 66 heavy (non-hydrogen) atoms. The molecule has 312 valence electrons. The molecular formula is C62H44N4. The van der Waals surface area contributed by atoms with E-state index in [0.717, 1.165) is 34.1 Å². The van der Waals surface area contributed by atoms with Crippen LogP contribution in [0.5, 0.6) is 0 Å². The van der Waals surface area contributed by atoms with E-state index in [-0.39, 0.29) is 0 Å². The minimum atomic E-state index is 1.12. The van der Waals surface area contributed by atoms with E-state index in [4.69, 9.17) is 0 Å². The highest BCUT2D eigenvalue weighted by Gasteiger charge is 2.30. The molecule has 2 heterocycles. The zero-order chi connectivity index (χ0) is 43.9. The van der Waals surface area contributed by atoms with Crippen LogP contribution in [0.25, 0.3) is 65.7 Å². The van der Waals surface area contributed by atoms with Gasteiger partial charge in [0.15, 0.2) is 0 Å². The van der Waals surface area contributed by atoms with Gasteiger partial charge < -0.3 is 19.6 Å². The molecular weight excluding hydrogens is 801 g/mol. The van der Waals surface area contributed by atoms with Crippen molar-refractivity contribution in [3.63, 3.8) is 0 Å². The minimum Gasteiger partial charge on any atom is -0.341 e. The van der Waals surface area contributed by atoms with Crippen LogP contribution in [-0.2, 0) is 0 Å². The molecule has 13 rings (SSSR count). The maximum atomic E-state index is 2.44. The first-order valence-corrected chi connectivity index (χ1v) is 22.7. The molecule has 0 spiro atoms. The number of benzene rings is 11. The Morgan fingerprint density at radius 2 is 0.606 bits per heavy atom. The van der Waals surface area contributed by atoms with Gasteiger partial charge in [0.1, 0.15) is 0 Å². The Morgan fingerprint density at radius 3 is 1.08 bits per heavy atom. The van der Waals surface area contributed by atoms with E-state index in [1.54, 1.807) is 0 Å². The van der Waals surface area contributed by atoms with Gasteiger partial charge in [0.25, 0.3) is 0 Å². The fourth-order valence-electron chi connectivity index (χ4n) is 10.7. The van der Waals surface area contributed by atoms with Crippen LogP contribution >= 0.6 is 0 Å². The summed E-state index contributed by atoms with van der Waals surface area (Å²) in [6.45, 7) is 0. The quantitative estimate of drug-likeness (QED) is 0.160. The number of fused-ring (bicyclic) bond motifs is 7. The second kappa shape index (κ2) is 15.0. The summed E-state index contributed by atoms with van der Waals surface area (Å²) < 4.78 is 0. The first-order valence-electron chi connectivity index (χ1n) is 22.7. The molecule has 11 aromatic rings. The van der Waals surface area contributed by atoms with Crippen LogP contribution in [0.15, 0.2) is 231 Å². The summed E-state index contributed by atoms with van der Waals surface area (Å²) >= 11 is 0. The van der Waals surface area contributed by atoms with E-state index in [9.17, 15) is 0 Å². The number of rotatable bonds is 5. The van der Waals surface area contributed by atoms with Crippen molar-refractivity contribution >= 4 is 89.2 Å². The lowest BCUT2D eigenvalue weighted by Crippen LogP contribution is -2.24. The van der Waals surface area contributed by atoms with E-state index in [1.165, 1.54) is 88.4 Å². The Hall–Kier alpha value is -8.60. The van der Waals surface area contributed by atoms with Crippen molar-refractivity contribution in [1.29, 1.82) is 0 Å². The predicted molar refractivity (Wildman–Crippen MR) is 281 cm³/mol. The van der Waals surface area contributed by atoms with Crippen LogP contribution in [-0.4, -0.2) is 14.1 Å². The third-order valence-electron chi connectivity index (χ3n) is 13.9. The summed E-state index contributed by atoms with van der Waals surface area (Å²) in [7, 11) is 4.33. The van der Waals surface area contributed by atoms with Crippen molar-refractivity contribution in [2.75, 3.05) is 33.7 Å². The molecule has 0 saturated carbocycles. The Morgan fingerprint density at radius 1 is 0.242 bits per heavy atom. The molecule has 2 aliphatic rings. The van der Waals surface area contributed by atoms with Gasteiger partial charge in [-0.15, -0.1) is 0 Å². The van der Waals surface area contributed by atoms with Crippen molar-refractivity contribution in [2.45, 2.75) is 0 Å². The van der Waals surface area contributed by atoms with E-state index in [2.05, 4.69) is 264 Å². The van der Waals surface area contributed by atoms with Gasteiger partial charge in [0.05, 0.1) is 45.5 Å². The average molecular weight is 845 g/mol. The monoisotopic (exact) mass is 844 g/mol. The maximum absolute atomic E-state index is 2.44. The number of anilines is 10. The summed E-state index contributed by atoms with van der Waals surface area (Å²) in [6, 6.07) is 84.8. The van der Waals surface area contributed by atoms with Crippen molar-refractivity contribution in [3.05, 3.63) is 231 Å². The number of hydrogen-bond acceptors (Lipinski definition) is 4. The van der Waals surface area contributed by atoms with E-state index in [1.807, 2.05) is 0 Å². The van der Waals surface area contributed by atoms with Gasteiger partial charge in [-0.1, -0.05) is 152 Å². The van der Waals surface area contributed by atoms with Crippen molar-refractivity contribution < 1.29 is 0 Å². The van der Waals surface area contributed by atoms with Gasteiger partial charge in [-0.2, -0.15) is 0 Å². The van der Waals surface area contributed by atoms with Crippen LogP contribution in [0.4, 0.5) is 56.9 Å². The highest BCUT2D eigenvalue weighted by atomic mass is 15.3. The summed E-state index contributed by atoms with van der Waals surface area (Å²) in [4.78, 5) is 9.49. The molecule has 2 aliphatic heterocycles. The maximum Gasteiger partial charge on any atom is 0.0699 e. The van der Waals surface area contributed by atoms with E-state index in [0.29, 0.717) is 0 Å². The predicted octanol–water partition coefficient (Wildman–Crippen LogP) is 17.2. The zero-order valence-electron chi connectivity index (χ0n) is 36.7. The molecule has 4 nitrogen and oxygen atoms in total. The van der Waals surface area contributed by atoms with E-state index >= 15 is 0 Å². The second-order valence-corrected chi connectivity index (χ2v) is 17.5. The van der Waals surface area contributed by atoms with Crippen molar-refractivity contribution in [3.8, 4) is 33.4 Å². The molecule has 0 unspecified atom stereocenters. The lowest BCUT2D eigenvalue weighted by molar-refractivity contribution is 1.13. The first-order chi connectivity index (χ1) is 32.6. The Balaban J connectivity index is 1.09. The normalized spacial score (nSPS) is 12.9. The molecule has 0 atom stereocenters. The lowest BCUT2D eigenvalue weighted by Gasteiger charge is -2.39. The van der Waals surface area contributed by atoms with Crippen LogP contribution in [0, 0.1) is 0 Å². The molecule has 0 saturated heterocycles. The number of hydrogen-bond donors (Lipinski definition) is 0. The summed E-state index contributed by atoms with van der Waals surface area (Å²) in [5, 5.41) is 7.31. The van der Waals surface area contributed by atoms with Gasteiger partial charge in [0.2, 0.25) is 0 Å². The van der Waals surface area contributed by atoms with Crippen molar-refractivity contribution in [1.82, 2.24) is 0 Å². The second-order valence-electron chi connectivity index (χ2n) is 17.5. The van der Waals surface area contributed by atoms with Crippen molar-refractivity contribution in [2.24, 2.45) is 0 Å². The van der Waals surface area contributed by atoms with Gasteiger partial charge in [-0.3, -0.25) is 0 Å². The molecule has 0 aliphatic carbocycles. The first kappa shape index (κ1) is 37.9. The smallest absolute Gasteiger partial charge is 0.0699 e. The third kappa shape index (κ3) is 5.85. The molecule has 0 fully saturated rings. The third-order valence-corrected chi connectivity index (χ3v) is 13.9. The molecule has 0 bridgehead atoms. The van der Waals surface area contributed by atoms with Crippen LogP contribution in [0.1, 0.15) is 0 Å². The Kier molecular flexibility index (Phi) is 8.62. The molecule has 0 N–H and O–H groups in total. The van der Waals surface area contributed by atoms with Gasteiger partial charge in [0, 0.05) is 25.5 Å². The van der Waals surface area contributed by atoms with Gasteiger partial charge >= 0.3 is 0 Å². The van der Waals surface area contributed by atoms with Crippen LogP contribution < -0.4 is 19.6 Å². The van der Waals surface area contributed by atoms with Gasteiger partial charge in [-0.05, 0) is 145 Å².